The minimum absolute atomic E-state index is 0.194. The molecule has 1 aliphatic rings. The minimum Gasteiger partial charge on any atom is -0.300 e. The van der Waals surface area contributed by atoms with Gasteiger partial charge < -0.3 is 4.90 Å². The number of benzene rings is 2. The first-order chi connectivity index (χ1) is 11.4. The molecule has 2 aromatic rings. The number of nitrogens with zero attached hydrogens (tertiary/aromatic N) is 1. The summed E-state index contributed by atoms with van der Waals surface area (Å²) in [5.41, 5.74) is 0.837. The maximum Gasteiger partial charge on any atom is 0.260 e. The van der Waals surface area contributed by atoms with Gasteiger partial charge in [0.2, 0.25) is 0 Å². The zero-order chi connectivity index (χ0) is 17.3. The molecule has 0 aliphatic carbocycles. The van der Waals surface area contributed by atoms with Crippen LogP contribution in [-0.2, 0) is 9.84 Å². The van der Waals surface area contributed by atoms with Crippen LogP contribution in [0.3, 0.4) is 0 Å². The van der Waals surface area contributed by atoms with Crippen molar-refractivity contribution in [2.24, 2.45) is 0 Å². The Morgan fingerprint density at radius 1 is 1.12 bits per heavy atom. The van der Waals surface area contributed by atoms with E-state index in [2.05, 4.69) is 15.9 Å². The summed E-state index contributed by atoms with van der Waals surface area (Å²) in [6.07, 6.45) is 1.48. The van der Waals surface area contributed by atoms with E-state index < -0.39 is 21.7 Å². The molecular weight excluding hydrogens is 397 g/mol. The van der Waals surface area contributed by atoms with Gasteiger partial charge in [0.05, 0.1) is 17.4 Å². The Bertz CT molecular complexity index is 910. The normalized spacial score (nSPS) is 18.5. The van der Waals surface area contributed by atoms with E-state index in [1.165, 1.54) is 35.2 Å². The van der Waals surface area contributed by atoms with E-state index in [1.807, 2.05) is 0 Å². The van der Waals surface area contributed by atoms with Gasteiger partial charge >= 0.3 is 0 Å². The Balaban J connectivity index is 2.05. The molecule has 24 heavy (non-hydrogen) atoms. The molecule has 1 atom stereocenters. The molecule has 1 unspecified atom stereocenters. The van der Waals surface area contributed by atoms with Crippen molar-refractivity contribution < 1.29 is 17.6 Å². The summed E-state index contributed by atoms with van der Waals surface area (Å²) in [6.45, 7) is 0. The highest BCUT2D eigenvalue weighted by molar-refractivity contribution is 9.10. The van der Waals surface area contributed by atoms with E-state index in [0.29, 0.717) is 15.7 Å². The largest absolute Gasteiger partial charge is 0.300 e. The lowest BCUT2D eigenvalue weighted by Gasteiger charge is -2.28. The average Bonchev–Trinajstić information content (AvgIpc) is 2.89. The SMILES string of the molecule is O=C(c1ccccc1Br)N(c1ccc(F)cc1)C1C=CS(=O)(=O)C1. The highest BCUT2D eigenvalue weighted by Crippen LogP contribution is 2.27. The Labute approximate surface area is 147 Å². The van der Waals surface area contributed by atoms with Crippen LogP contribution < -0.4 is 4.90 Å². The summed E-state index contributed by atoms with van der Waals surface area (Å²) >= 11 is 3.34. The van der Waals surface area contributed by atoms with E-state index in [4.69, 9.17) is 0 Å². The molecule has 1 heterocycles. The molecule has 4 nitrogen and oxygen atoms in total. The zero-order valence-corrected chi connectivity index (χ0v) is 14.8. The molecule has 1 amide bonds. The molecule has 0 fully saturated rings. The van der Waals surface area contributed by atoms with Crippen molar-refractivity contribution in [1.29, 1.82) is 0 Å². The van der Waals surface area contributed by atoms with Gasteiger partial charge in [-0.25, -0.2) is 12.8 Å². The predicted octanol–water partition coefficient (Wildman–Crippen LogP) is 3.55. The number of halogens is 2. The molecule has 0 aromatic heterocycles. The summed E-state index contributed by atoms with van der Waals surface area (Å²) in [5.74, 6) is -0.983. The van der Waals surface area contributed by atoms with Crippen molar-refractivity contribution in [2.75, 3.05) is 10.7 Å². The van der Waals surface area contributed by atoms with Gasteiger partial charge in [0.1, 0.15) is 5.82 Å². The van der Waals surface area contributed by atoms with Crippen molar-refractivity contribution in [3.8, 4) is 0 Å². The second-order valence-electron chi connectivity index (χ2n) is 5.36. The summed E-state index contributed by atoms with van der Waals surface area (Å²) < 4.78 is 37.3. The molecule has 0 bridgehead atoms. The minimum atomic E-state index is -3.34. The van der Waals surface area contributed by atoms with E-state index in [0.717, 1.165) is 5.41 Å². The summed E-state index contributed by atoms with van der Waals surface area (Å²) in [5, 5.41) is 1.11. The van der Waals surface area contributed by atoms with Gasteiger partial charge in [-0.1, -0.05) is 12.1 Å². The van der Waals surface area contributed by atoms with Crippen LogP contribution >= 0.6 is 15.9 Å². The van der Waals surface area contributed by atoms with Crippen molar-refractivity contribution in [2.45, 2.75) is 6.04 Å². The van der Waals surface area contributed by atoms with Crippen LogP contribution in [0.2, 0.25) is 0 Å². The lowest BCUT2D eigenvalue weighted by Crippen LogP contribution is -2.41. The maximum atomic E-state index is 13.2. The maximum absolute atomic E-state index is 13.2. The Hall–Kier alpha value is -1.99. The van der Waals surface area contributed by atoms with Crippen molar-refractivity contribution >= 4 is 37.4 Å². The number of hydrogen-bond donors (Lipinski definition) is 0. The average molecular weight is 410 g/mol. The van der Waals surface area contributed by atoms with Gasteiger partial charge in [-0.15, -0.1) is 0 Å². The topological polar surface area (TPSA) is 54.5 Å². The fourth-order valence-corrected chi connectivity index (χ4v) is 4.27. The molecule has 2 aromatic carbocycles. The molecule has 0 saturated carbocycles. The Morgan fingerprint density at radius 2 is 1.79 bits per heavy atom. The first kappa shape index (κ1) is 16.9. The molecule has 0 radical (unpaired) electrons. The number of hydrogen-bond acceptors (Lipinski definition) is 3. The number of carbonyl (C=O) groups excluding carboxylic acids is 1. The van der Waals surface area contributed by atoms with E-state index in [9.17, 15) is 17.6 Å². The summed E-state index contributed by atoms with van der Waals surface area (Å²) in [4.78, 5) is 14.4. The second-order valence-corrected chi connectivity index (χ2v) is 8.14. The van der Waals surface area contributed by atoms with Gasteiger partial charge in [-0.2, -0.15) is 0 Å². The number of sulfone groups is 1. The van der Waals surface area contributed by atoms with Crippen molar-refractivity contribution in [3.05, 3.63) is 75.9 Å². The van der Waals surface area contributed by atoms with Crippen LogP contribution in [-0.4, -0.2) is 26.1 Å². The van der Waals surface area contributed by atoms with E-state index >= 15 is 0 Å². The lowest BCUT2D eigenvalue weighted by atomic mass is 10.1. The van der Waals surface area contributed by atoms with Crippen LogP contribution in [0.15, 0.2) is 64.5 Å². The number of amides is 1. The third kappa shape index (κ3) is 3.42. The lowest BCUT2D eigenvalue weighted by molar-refractivity contribution is 0.0982. The molecule has 0 spiro atoms. The predicted molar refractivity (Wildman–Crippen MR) is 94.1 cm³/mol. The van der Waals surface area contributed by atoms with Gasteiger partial charge in [-0.05, 0) is 58.4 Å². The molecule has 3 rings (SSSR count). The summed E-state index contributed by atoms with van der Waals surface area (Å²) in [7, 11) is -3.34. The highest BCUT2D eigenvalue weighted by Gasteiger charge is 2.32. The number of anilines is 1. The van der Waals surface area contributed by atoms with Crippen LogP contribution in [0.5, 0.6) is 0 Å². The van der Waals surface area contributed by atoms with Crippen LogP contribution in [0.25, 0.3) is 0 Å². The molecular formula is C17H13BrFNO3S. The first-order valence-electron chi connectivity index (χ1n) is 7.12. The fraction of sp³-hybridized carbons (Fsp3) is 0.118. The fourth-order valence-electron chi connectivity index (χ4n) is 2.55. The third-order valence-electron chi connectivity index (χ3n) is 3.67. The summed E-state index contributed by atoms with van der Waals surface area (Å²) in [6, 6.07) is 11.6. The third-order valence-corrected chi connectivity index (χ3v) is 5.74. The van der Waals surface area contributed by atoms with Crippen molar-refractivity contribution in [1.82, 2.24) is 0 Å². The van der Waals surface area contributed by atoms with Gasteiger partial charge in [0.15, 0.2) is 9.84 Å². The molecule has 0 saturated heterocycles. The van der Waals surface area contributed by atoms with E-state index in [1.54, 1.807) is 24.3 Å². The highest BCUT2D eigenvalue weighted by atomic mass is 79.9. The second kappa shape index (κ2) is 6.49. The van der Waals surface area contributed by atoms with E-state index in [-0.39, 0.29) is 11.7 Å². The standard InChI is InChI=1S/C17H13BrFNO3S/c18-16-4-2-1-3-15(16)17(21)20(13-7-5-12(19)6-8-13)14-9-10-24(22,23)11-14/h1-10,14H,11H2. The van der Waals surface area contributed by atoms with Crippen LogP contribution in [0.1, 0.15) is 10.4 Å². The van der Waals surface area contributed by atoms with Gasteiger partial charge in [0, 0.05) is 15.6 Å². The molecule has 7 heteroatoms. The Morgan fingerprint density at radius 3 is 2.38 bits per heavy atom. The monoisotopic (exact) mass is 409 g/mol. The molecule has 124 valence electrons. The van der Waals surface area contributed by atoms with Gasteiger partial charge in [0.25, 0.3) is 5.91 Å². The molecule has 1 aliphatic heterocycles. The van der Waals surface area contributed by atoms with Crippen LogP contribution in [0, 0.1) is 5.82 Å². The number of carbonyl (C=O) groups is 1. The molecule has 0 N–H and O–H groups in total. The quantitative estimate of drug-likeness (QED) is 0.778. The Kier molecular flexibility index (Phi) is 4.56. The van der Waals surface area contributed by atoms with Gasteiger partial charge in [-0.3, -0.25) is 4.79 Å². The first-order valence-corrected chi connectivity index (χ1v) is 9.63. The van der Waals surface area contributed by atoms with Crippen molar-refractivity contribution in [3.63, 3.8) is 0 Å². The van der Waals surface area contributed by atoms with Crippen LogP contribution in [0.4, 0.5) is 10.1 Å². The number of rotatable bonds is 3. The zero-order valence-electron chi connectivity index (χ0n) is 12.4. The smallest absolute Gasteiger partial charge is 0.260 e.